The van der Waals surface area contributed by atoms with Gasteiger partial charge < -0.3 is 10.1 Å². The van der Waals surface area contributed by atoms with Crippen LogP contribution in [0.4, 0.5) is 11.4 Å². The molecule has 186 valence electrons. The van der Waals surface area contributed by atoms with E-state index in [4.69, 9.17) is 27.9 Å². The first-order valence-electron chi connectivity index (χ1n) is 10.3. The molecular weight excluding hydrogens is 525 g/mol. The summed E-state index contributed by atoms with van der Waals surface area (Å²) in [5.41, 5.74) is 0.303. The van der Waals surface area contributed by atoms with Crippen molar-refractivity contribution < 1.29 is 26.4 Å². The third-order valence-electron chi connectivity index (χ3n) is 5.20. The van der Waals surface area contributed by atoms with E-state index in [0.29, 0.717) is 13.1 Å². The van der Waals surface area contributed by atoms with Gasteiger partial charge in [-0.1, -0.05) is 29.6 Å². The highest BCUT2D eigenvalue weighted by Crippen LogP contribution is 2.31. The Hall–Kier alpha value is -2.05. The first kappa shape index (κ1) is 26.6. The molecule has 1 aliphatic heterocycles. The lowest BCUT2D eigenvalue weighted by Gasteiger charge is -2.27. The molecule has 2 aromatic carbocycles. The standard InChI is InChI=1S/C21H25Cl2N3O6S2/c1-32-19-7-6-17(13-20(19)34(30,31)25-8-4-3-5-9-25)24-21(27)14-26(33(2,28)29)18-11-15(22)10-16(23)12-18/h6-7,10-13H,3-5,8-9,14H2,1-2H3,(H,24,27). The number of hydrogen-bond donors (Lipinski definition) is 1. The molecule has 0 atom stereocenters. The highest BCUT2D eigenvalue weighted by atomic mass is 35.5. The Morgan fingerprint density at radius 1 is 1.03 bits per heavy atom. The summed E-state index contributed by atoms with van der Waals surface area (Å²) in [6.07, 6.45) is 3.46. The molecule has 13 heteroatoms. The number of hydrogen-bond acceptors (Lipinski definition) is 6. The van der Waals surface area contributed by atoms with Gasteiger partial charge in [0.05, 0.1) is 19.1 Å². The van der Waals surface area contributed by atoms with Gasteiger partial charge in [-0.2, -0.15) is 4.31 Å². The molecule has 0 radical (unpaired) electrons. The molecular formula is C21H25Cl2N3O6S2. The van der Waals surface area contributed by atoms with Crippen molar-refractivity contribution in [3.8, 4) is 5.75 Å². The number of sulfonamides is 2. The van der Waals surface area contributed by atoms with Gasteiger partial charge in [-0.05, 0) is 49.2 Å². The van der Waals surface area contributed by atoms with Gasteiger partial charge in [0, 0.05) is 28.8 Å². The number of nitrogens with zero attached hydrogens (tertiary/aromatic N) is 2. The molecule has 3 rings (SSSR count). The molecule has 1 aliphatic rings. The second kappa shape index (κ2) is 10.7. The normalized spacial score (nSPS) is 15.1. The zero-order valence-corrected chi connectivity index (χ0v) is 21.8. The summed E-state index contributed by atoms with van der Waals surface area (Å²) < 4.78 is 58.6. The molecule has 1 saturated heterocycles. The second-order valence-electron chi connectivity index (χ2n) is 7.78. The highest BCUT2D eigenvalue weighted by molar-refractivity contribution is 7.92. The van der Waals surface area contributed by atoms with Crippen molar-refractivity contribution in [2.45, 2.75) is 24.2 Å². The van der Waals surface area contributed by atoms with E-state index in [2.05, 4.69) is 5.32 Å². The summed E-state index contributed by atoms with van der Waals surface area (Å²) in [5.74, 6) is -0.539. The first-order chi connectivity index (χ1) is 15.9. The van der Waals surface area contributed by atoms with Crippen molar-refractivity contribution in [3.63, 3.8) is 0 Å². The quantitative estimate of drug-likeness (QED) is 0.538. The smallest absolute Gasteiger partial charge is 0.246 e. The van der Waals surface area contributed by atoms with Crippen LogP contribution < -0.4 is 14.4 Å². The first-order valence-corrected chi connectivity index (χ1v) is 14.4. The predicted molar refractivity (Wildman–Crippen MR) is 133 cm³/mol. The Morgan fingerprint density at radius 3 is 2.21 bits per heavy atom. The van der Waals surface area contributed by atoms with Gasteiger partial charge in [0.15, 0.2) is 0 Å². The fourth-order valence-corrected chi connectivity index (χ4v) is 6.67. The fraction of sp³-hybridized carbons (Fsp3) is 0.381. The largest absolute Gasteiger partial charge is 0.495 e. The number of benzene rings is 2. The van der Waals surface area contributed by atoms with E-state index in [1.165, 1.54) is 47.8 Å². The molecule has 0 spiro atoms. The minimum absolute atomic E-state index is 0.0729. The SMILES string of the molecule is COc1ccc(NC(=O)CN(c2cc(Cl)cc(Cl)c2)S(C)(=O)=O)cc1S(=O)(=O)N1CCCCC1. The predicted octanol–water partition coefficient (Wildman–Crippen LogP) is 3.58. The minimum atomic E-state index is -3.86. The lowest BCUT2D eigenvalue weighted by Crippen LogP contribution is -2.37. The molecule has 1 fully saturated rings. The second-order valence-corrected chi connectivity index (χ2v) is 12.5. The number of anilines is 2. The molecule has 9 nitrogen and oxygen atoms in total. The molecule has 0 aromatic heterocycles. The molecule has 0 saturated carbocycles. The van der Waals surface area contributed by atoms with Crippen LogP contribution in [-0.4, -0.2) is 60.0 Å². The van der Waals surface area contributed by atoms with Gasteiger partial charge in [-0.15, -0.1) is 0 Å². The van der Waals surface area contributed by atoms with Gasteiger partial charge in [0.25, 0.3) is 0 Å². The zero-order valence-electron chi connectivity index (χ0n) is 18.6. The summed E-state index contributed by atoms with van der Waals surface area (Å²) >= 11 is 12.0. The maximum absolute atomic E-state index is 13.2. The van der Waals surface area contributed by atoms with Crippen LogP contribution in [0, 0.1) is 0 Å². The number of rotatable bonds is 8. The van der Waals surface area contributed by atoms with Crippen molar-refractivity contribution in [1.82, 2.24) is 4.31 Å². The molecule has 34 heavy (non-hydrogen) atoms. The van der Waals surface area contributed by atoms with E-state index in [-0.39, 0.29) is 32.1 Å². The molecule has 1 heterocycles. The Labute approximate surface area is 209 Å². The zero-order chi connectivity index (χ0) is 25.1. The Kier molecular flexibility index (Phi) is 8.35. The number of nitrogens with one attached hydrogen (secondary N) is 1. The van der Waals surface area contributed by atoms with Gasteiger partial charge in [0.2, 0.25) is 26.0 Å². The lowest BCUT2D eigenvalue weighted by molar-refractivity contribution is -0.114. The highest BCUT2D eigenvalue weighted by Gasteiger charge is 2.29. The van der Waals surface area contributed by atoms with E-state index >= 15 is 0 Å². The minimum Gasteiger partial charge on any atom is -0.495 e. The average molecular weight is 550 g/mol. The van der Waals surface area contributed by atoms with E-state index in [0.717, 1.165) is 29.8 Å². The molecule has 1 amide bonds. The number of methoxy groups -OCH3 is 1. The average Bonchev–Trinajstić information content (AvgIpc) is 2.76. The number of ether oxygens (including phenoxy) is 1. The van der Waals surface area contributed by atoms with Gasteiger partial charge in [-0.3, -0.25) is 9.10 Å². The van der Waals surface area contributed by atoms with Crippen LogP contribution in [0.3, 0.4) is 0 Å². The van der Waals surface area contributed by atoms with Crippen molar-refractivity contribution in [2.24, 2.45) is 0 Å². The van der Waals surface area contributed by atoms with Crippen LogP contribution in [0.15, 0.2) is 41.3 Å². The molecule has 1 N–H and O–H groups in total. The number of carbonyl (C=O) groups excluding carboxylic acids is 1. The number of carbonyl (C=O) groups is 1. The Morgan fingerprint density at radius 2 is 1.65 bits per heavy atom. The van der Waals surface area contributed by atoms with E-state index in [9.17, 15) is 21.6 Å². The number of piperidine rings is 1. The van der Waals surface area contributed by atoms with Crippen LogP contribution in [0.25, 0.3) is 0 Å². The van der Waals surface area contributed by atoms with E-state index < -0.39 is 32.5 Å². The molecule has 0 bridgehead atoms. The van der Waals surface area contributed by atoms with Gasteiger partial charge in [-0.25, -0.2) is 16.8 Å². The van der Waals surface area contributed by atoms with Crippen molar-refractivity contribution in [1.29, 1.82) is 0 Å². The van der Waals surface area contributed by atoms with Crippen molar-refractivity contribution in [2.75, 3.05) is 42.6 Å². The molecule has 0 unspecified atom stereocenters. The van der Waals surface area contributed by atoms with Crippen LogP contribution >= 0.6 is 23.2 Å². The molecule has 2 aromatic rings. The lowest BCUT2D eigenvalue weighted by atomic mass is 10.2. The maximum atomic E-state index is 13.2. The summed E-state index contributed by atoms with van der Waals surface area (Å²) in [5, 5.41) is 2.98. The van der Waals surface area contributed by atoms with Gasteiger partial charge in [0.1, 0.15) is 17.2 Å². The van der Waals surface area contributed by atoms with E-state index in [1.807, 2.05) is 0 Å². The fourth-order valence-electron chi connectivity index (χ4n) is 3.61. The van der Waals surface area contributed by atoms with Crippen LogP contribution in [0.1, 0.15) is 19.3 Å². The Balaban J connectivity index is 1.87. The van der Waals surface area contributed by atoms with Crippen molar-refractivity contribution in [3.05, 3.63) is 46.4 Å². The summed E-state index contributed by atoms with van der Waals surface area (Å²) in [6, 6.07) is 8.41. The number of halogens is 2. The van der Waals surface area contributed by atoms with Crippen LogP contribution in [0.2, 0.25) is 10.0 Å². The maximum Gasteiger partial charge on any atom is 0.246 e. The summed E-state index contributed by atoms with van der Waals surface area (Å²) in [7, 11) is -6.34. The summed E-state index contributed by atoms with van der Waals surface area (Å²) in [6.45, 7) is 0.247. The van der Waals surface area contributed by atoms with E-state index in [1.54, 1.807) is 0 Å². The Bertz CT molecular complexity index is 1260. The topological polar surface area (TPSA) is 113 Å². The number of amides is 1. The van der Waals surface area contributed by atoms with Gasteiger partial charge >= 0.3 is 0 Å². The molecule has 0 aliphatic carbocycles. The third kappa shape index (κ3) is 6.33. The summed E-state index contributed by atoms with van der Waals surface area (Å²) in [4.78, 5) is 12.7. The third-order valence-corrected chi connectivity index (χ3v) is 8.70. The van der Waals surface area contributed by atoms with Crippen LogP contribution in [-0.2, 0) is 24.8 Å². The monoisotopic (exact) mass is 549 g/mol. The van der Waals surface area contributed by atoms with Crippen LogP contribution in [0.5, 0.6) is 5.75 Å². The van der Waals surface area contributed by atoms with Crippen molar-refractivity contribution >= 4 is 60.5 Å².